The average Bonchev–Trinajstić information content (AvgIpc) is 3.82. The van der Waals surface area contributed by atoms with Crippen molar-refractivity contribution >= 4 is 122 Å². The molecule has 0 atom stereocenters. The number of nitrogens with zero attached hydrogens (tertiary/aromatic N) is 9. The smallest absolute Gasteiger partial charge is 0.339 e. The van der Waals surface area contributed by atoms with Gasteiger partial charge in [-0.1, -0.05) is 11.3 Å². The monoisotopic (exact) mass is 1140 g/mol. The second-order valence-corrected chi connectivity index (χ2v) is 23.3. The van der Waals surface area contributed by atoms with E-state index in [4.69, 9.17) is 4.74 Å². The average molecular weight is 1140 g/mol. The fourth-order valence-electron chi connectivity index (χ4n) is 6.67. The fourth-order valence-corrected chi connectivity index (χ4v) is 10.6. The molecule has 5 aromatic carbocycles. The summed E-state index contributed by atoms with van der Waals surface area (Å²) in [4.78, 5) is 12.0. The van der Waals surface area contributed by atoms with E-state index in [1.807, 2.05) is 0 Å². The summed E-state index contributed by atoms with van der Waals surface area (Å²) in [5.41, 5.74) is -4.33. The third kappa shape index (κ3) is 11.6. The number of aromatic nitrogens is 3. The molecular formula is C38H31N9O21S6. The third-order valence-electron chi connectivity index (χ3n) is 10.0. The molecule has 7 aromatic rings. The highest BCUT2D eigenvalue weighted by Gasteiger charge is 2.30. The number of azo groups is 3. The van der Waals surface area contributed by atoms with E-state index in [-0.39, 0.29) is 39.9 Å². The Balaban J connectivity index is 1.31. The zero-order chi connectivity index (χ0) is 54.6. The Morgan fingerprint density at radius 3 is 1.93 bits per heavy atom. The van der Waals surface area contributed by atoms with E-state index in [1.54, 1.807) is 0 Å². The highest BCUT2D eigenvalue weighted by atomic mass is 32.2. The fraction of sp³-hybridized carbons (Fsp3) is 0.132. The molecule has 0 aliphatic heterocycles. The molecule has 0 amide bonds. The number of hydrogen-bond acceptors (Lipinski definition) is 24. The van der Waals surface area contributed by atoms with Gasteiger partial charge in [-0.25, -0.2) is 9.78 Å². The summed E-state index contributed by atoms with van der Waals surface area (Å²) < 4.78 is 177. The number of thiazole rings is 1. The summed E-state index contributed by atoms with van der Waals surface area (Å²) in [6.07, 6.45) is -0.286. The van der Waals surface area contributed by atoms with Gasteiger partial charge in [-0.3, -0.25) is 22.8 Å². The highest BCUT2D eigenvalue weighted by molar-refractivity contribution is 7.87. The van der Waals surface area contributed by atoms with Gasteiger partial charge in [0.05, 0.1) is 43.7 Å². The number of aryl methyl sites for hydroxylation is 2. The van der Waals surface area contributed by atoms with Crippen LogP contribution >= 0.6 is 11.3 Å². The number of rotatable bonds is 17. The zero-order valence-electron chi connectivity index (χ0n) is 36.8. The van der Waals surface area contributed by atoms with Crippen LogP contribution < -0.4 is 4.74 Å². The van der Waals surface area contributed by atoms with E-state index in [0.717, 1.165) is 42.5 Å². The lowest BCUT2D eigenvalue weighted by atomic mass is 10.1. The van der Waals surface area contributed by atoms with Gasteiger partial charge in [-0.15, -0.1) is 30.7 Å². The van der Waals surface area contributed by atoms with Crippen molar-refractivity contribution in [2.24, 2.45) is 30.7 Å². The number of aromatic carboxylic acids is 1. The van der Waals surface area contributed by atoms with Gasteiger partial charge in [0.15, 0.2) is 17.2 Å². The lowest BCUT2D eigenvalue weighted by Gasteiger charge is -2.13. The second kappa shape index (κ2) is 19.7. The van der Waals surface area contributed by atoms with Gasteiger partial charge in [-0.2, -0.15) is 51.9 Å². The van der Waals surface area contributed by atoms with Gasteiger partial charge in [0.2, 0.25) is 11.0 Å². The molecule has 0 saturated heterocycles. The number of phenolic OH excluding ortho intramolecular Hbond substituents is 1. The maximum atomic E-state index is 13.0. The van der Waals surface area contributed by atoms with Crippen molar-refractivity contribution in [1.82, 2.24) is 14.8 Å². The first-order valence-electron chi connectivity index (χ1n) is 19.7. The van der Waals surface area contributed by atoms with Crippen molar-refractivity contribution in [2.45, 2.75) is 39.9 Å². The highest BCUT2D eigenvalue weighted by Crippen LogP contribution is 2.47. The number of carboxylic acids is 1. The first kappa shape index (κ1) is 54.3. The van der Waals surface area contributed by atoms with Crippen molar-refractivity contribution in [3.8, 4) is 28.8 Å². The topological polar surface area (TPSA) is 484 Å². The van der Waals surface area contributed by atoms with Crippen LogP contribution in [-0.2, 0) is 50.6 Å². The number of fused-ring (bicyclic) bond motifs is 2. The molecular weight excluding hydrogens is 1110 g/mol. The van der Waals surface area contributed by atoms with Crippen molar-refractivity contribution in [3.05, 3.63) is 77.5 Å². The largest absolute Gasteiger partial charge is 0.505 e. The number of aromatic hydroxyl groups is 3. The summed E-state index contributed by atoms with van der Waals surface area (Å²) in [5.74, 6) is -6.28. The van der Waals surface area contributed by atoms with Gasteiger partial charge in [0.25, 0.3) is 50.6 Å². The Hall–Kier alpha value is -7.52. The maximum Gasteiger partial charge on any atom is 0.339 e. The van der Waals surface area contributed by atoms with Crippen molar-refractivity contribution < 1.29 is 94.8 Å². The normalized spacial score (nSPS) is 13.1. The van der Waals surface area contributed by atoms with Gasteiger partial charge < -0.3 is 25.2 Å². The Labute approximate surface area is 419 Å². The lowest BCUT2D eigenvalue weighted by Crippen LogP contribution is -2.08. The van der Waals surface area contributed by atoms with Crippen molar-refractivity contribution in [2.75, 3.05) is 12.4 Å². The minimum atomic E-state index is -5.55. The van der Waals surface area contributed by atoms with Gasteiger partial charge >= 0.3 is 5.97 Å². The summed E-state index contributed by atoms with van der Waals surface area (Å²) in [5, 5.41) is 68.6. The lowest BCUT2D eigenvalue weighted by molar-refractivity contribution is 0.0693. The predicted molar refractivity (Wildman–Crippen MR) is 253 cm³/mol. The molecule has 30 nitrogen and oxygen atoms in total. The van der Waals surface area contributed by atoms with Gasteiger partial charge in [0.1, 0.15) is 43.9 Å². The van der Waals surface area contributed by atoms with Crippen LogP contribution in [-0.4, -0.2) is 118 Å². The van der Waals surface area contributed by atoms with E-state index >= 15 is 0 Å². The molecule has 2 heterocycles. The van der Waals surface area contributed by atoms with Crippen LogP contribution in [0.2, 0.25) is 0 Å². The van der Waals surface area contributed by atoms with Crippen molar-refractivity contribution in [1.29, 1.82) is 0 Å². The molecule has 0 fully saturated rings. The predicted octanol–water partition coefficient (Wildman–Crippen LogP) is 6.96. The van der Waals surface area contributed by atoms with Crippen LogP contribution in [0.15, 0.2) is 111 Å². The van der Waals surface area contributed by atoms with Crippen LogP contribution in [0.4, 0.5) is 33.6 Å². The van der Waals surface area contributed by atoms with E-state index in [0.29, 0.717) is 33.1 Å². The van der Waals surface area contributed by atoms with E-state index < -0.39 is 145 Å². The van der Waals surface area contributed by atoms with Gasteiger partial charge in [0, 0.05) is 16.8 Å². The number of carboxylic acid groups (broad SMARTS) is 1. The third-order valence-corrected chi connectivity index (χ3v) is 15.2. The molecule has 0 aliphatic carbocycles. The second-order valence-electron chi connectivity index (χ2n) is 15.1. The summed E-state index contributed by atoms with van der Waals surface area (Å²) in [6.45, 7) is 2.23. The molecule has 7 rings (SSSR count). The maximum absolute atomic E-state index is 13.0. The van der Waals surface area contributed by atoms with Crippen LogP contribution in [0.5, 0.6) is 23.1 Å². The molecule has 390 valence electrons. The summed E-state index contributed by atoms with van der Waals surface area (Å²) >= 11 is 0.901. The van der Waals surface area contributed by atoms with E-state index in [1.165, 1.54) is 25.1 Å². The Morgan fingerprint density at radius 1 is 0.662 bits per heavy atom. The number of phenols is 2. The number of carbonyl (C=O) groups is 1. The minimum Gasteiger partial charge on any atom is -0.505 e. The van der Waals surface area contributed by atoms with Crippen LogP contribution in [0, 0.1) is 13.8 Å². The van der Waals surface area contributed by atoms with Crippen molar-refractivity contribution in [3.63, 3.8) is 0 Å². The Morgan fingerprint density at radius 2 is 1.31 bits per heavy atom. The number of hydrogen-bond donors (Lipinski definition) is 9. The standard InChI is InChI=1S/C38H31N9O21S6/c1-16-10-26(28(68-8-3-9-70(53,54)55)15-25(16)41-45-38-39-23-6-4-18(71(56,57)58)13-29(23)69-38)42-44-32-30(73(62,63)64)14-21-20(34(32)49)5-7-24(35(21)74(65,66)67)40-43-31-17(2)46-47(36(31)50)27-12-19(72(59,60)61)11-22(33(27)48)37(51)52/h4-7,10-15,48-50H,3,8-9H2,1-2H3,(H,51,52)(H,53,54,55)(H,56,57,58)(H,59,60,61)(H,62,63,64)(H,65,66,67). The van der Waals surface area contributed by atoms with Crippen LogP contribution in [0.1, 0.15) is 28.0 Å². The van der Waals surface area contributed by atoms with Gasteiger partial charge in [-0.05, 0) is 80.4 Å². The first-order chi connectivity index (χ1) is 34.2. The molecule has 74 heavy (non-hydrogen) atoms. The molecule has 36 heteroatoms. The molecule has 0 unspecified atom stereocenters. The summed E-state index contributed by atoms with van der Waals surface area (Å²) in [6, 6.07) is 9.23. The molecule has 0 radical (unpaired) electrons. The molecule has 2 aromatic heterocycles. The molecule has 0 spiro atoms. The molecule has 0 saturated carbocycles. The summed E-state index contributed by atoms with van der Waals surface area (Å²) in [7, 11) is -25.2. The zero-order valence-corrected chi connectivity index (χ0v) is 41.7. The molecule has 0 aliphatic rings. The van der Waals surface area contributed by atoms with E-state index in [9.17, 15) is 90.1 Å². The van der Waals surface area contributed by atoms with Crippen LogP contribution in [0.25, 0.3) is 26.7 Å². The number of benzene rings is 5. The van der Waals surface area contributed by atoms with E-state index in [2.05, 4.69) is 40.8 Å². The first-order valence-corrected chi connectivity index (χ1v) is 27.9. The molecule has 9 N–H and O–H groups in total. The SMILES string of the molecule is Cc1cc(N=Nc2c(S(=O)(=O)O)cc3c(S(=O)(=O)O)c(N=Nc4c(C)nn(-c5cc(S(=O)(=O)O)cc(C(=O)O)c5O)c4O)ccc3c2O)c(OCCCS(=O)(=O)O)cc1N=Nc1nc2ccc(S(=O)(=O)O)cc2s1. The quantitative estimate of drug-likeness (QED) is 0.0253. The minimum absolute atomic E-state index is 0.0235. The number of ether oxygens (including phenoxy) is 1. The Bertz CT molecular complexity index is 4220. The Kier molecular flexibility index (Phi) is 14.5. The molecule has 0 bridgehead atoms. The van der Waals surface area contributed by atoms with Crippen LogP contribution in [0.3, 0.4) is 0 Å².